The number of carbonyl (C=O) groups is 1. The molecule has 0 aliphatic heterocycles. The van der Waals surface area contributed by atoms with Gasteiger partial charge in [-0.25, -0.2) is 0 Å². The fourth-order valence-corrected chi connectivity index (χ4v) is 1.66. The molecule has 0 saturated heterocycles. The van der Waals surface area contributed by atoms with Crippen molar-refractivity contribution in [2.75, 3.05) is 5.73 Å². The van der Waals surface area contributed by atoms with Crippen molar-refractivity contribution in [1.82, 2.24) is 5.16 Å². The summed E-state index contributed by atoms with van der Waals surface area (Å²) in [6, 6.07) is 7.57. The molecule has 2 rings (SSSR count). The second kappa shape index (κ2) is 4.29. The highest BCUT2D eigenvalue weighted by Gasteiger charge is 2.17. The van der Waals surface area contributed by atoms with Crippen LogP contribution in [0, 0.1) is 6.92 Å². The molecule has 0 bridgehead atoms. The summed E-state index contributed by atoms with van der Waals surface area (Å²) >= 11 is 0. The van der Waals surface area contributed by atoms with Crippen molar-refractivity contribution >= 4 is 11.9 Å². The van der Waals surface area contributed by atoms with Gasteiger partial charge in [0.25, 0.3) is 0 Å². The molecule has 17 heavy (non-hydrogen) atoms. The van der Waals surface area contributed by atoms with E-state index in [1.165, 1.54) is 0 Å². The van der Waals surface area contributed by atoms with Crippen LogP contribution in [0.5, 0.6) is 0 Å². The Morgan fingerprint density at radius 3 is 2.94 bits per heavy atom. The summed E-state index contributed by atoms with van der Waals surface area (Å²) in [7, 11) is 0. The first kappa shape index (κ1) is 11.2. The van der Waals surface area contributed by atoms with Crippen molar-refractivity contribution in [3.63, 3.8) is 0 Å². The summed E-state index contributed by atoms with van der Waals surface area (Å²) in [5.41, 5.74) is 8.35. The van der Waals surface area contributed by atoms with E-state index < -0.39 is 5.97 Å². The molecular formula is C12H12N2O3. The van der Waals surface area contributed by atoms with Gasteiger partial charge in [0.05, 0.1) is 12.0 Å². The van der Waals surface area contributed by atoms with Gasteiger partial charge in [-0.05, 0) is 13.0 Å². The van der Waals surface area contributed by atoms with E-state index in [1.54, 1.807) is 0 Å². The maximum absolute atomic E-state index is 10.7. The fraction of sp³-hybridized carbons (Fsp3) is 0.167. The van der Waals surface area contributed by atoms with Crippen LogP contribution in [0.2, 0.25) is 0 Å². The van der Waals surface area contributed by atoms with Gasteiger partial charge in [0.1, 0.15) is 5.69 Å². The largest absolute Gasteiger partial charge is 0.481 e. The van der Waals surface area contributed by atoms with Crippen molar-refractivity contribution in [1.29, 1.82) is 0 Å². The summed E-state index contributed by atoms with van der Waals surface area (Å²) < 4.78 is 4.86. The molecule has 1 aromatic heterocycles. The third-order valence-corrected chi connectivity index (χ3v) is 2.44. The molecule has 0 fully saturated rings. The highest BCUT2D eigenvalue weighted by molar-refractivity contribution is 5.77. The van der Waals surface area contributed by atoms with Gasteiger partial charge in [-0.2, -0.15) is 0 Å². The third-order valence-electron chi connectivity index (χ3n) is 2.44. The van der Waals surface area contributed by atoms with Crippen LogP contribution in [-0.4, -0.2) is 16.2 Å². The smallest absolute Gasteiger partial charge is 0.308 e. The number of aromatic nitrogens is 1. The number of nitrogens with two attached hydrogens (primary N) is 1. The number of aliphatic carboxylic acids is 1. The lowest BCUT2D eigenvalue weighted by atomic mass is 10.0. The van der Waals surface area contributed by atoms with Gasteiger partial charge in [0.15, 0.2) is 0 Å². The number of aryl methyl sites for hydroxylation is 1. The minimum absolute atomic E-state index is 0.0592. The zero-order valence-corrected chi connectivity index (χ0v) is 9.30. The van der Waals surface area contributed by atoms with Crippen molar-refractivity contribution in [2.45, 2.75) is 13.3 Å². The lowest BCUT2D eigenvalue weighted by Gasteiger charge is -2.00. The number of nitrogen functional groups attached to an aromatic ring is 1. The molecule has 0 radical (unpaired) electrons. The lowest BCUT2D eigenvalue weighted by molar-refractivity contribution is -0.136. The summed E-state index contributed by atoms with van der Waals surface area (Å²) in [6.45, 7) is 1.95. The molecule has 0 amide bonds. The van der Waals surface area contributed by atoms with E-state index in [-0.39, 0.29) is 12.3 Å². The lowest BCUT2D eigenvalue weighted by Crippen LogP contribution is -2.03. The van der Waals surface area contributed by atoms with Crippen LogP contribution in [0.4, 0.5) is 5.88 Å². The molecule has 1 aromatic carbocycles. The molecule has 3 N–H and O–H groups in total. The molecule has 0 aliphatic rings. The van der Waals surface area contributed by atoms with Crippen LogP contribution < -0.4 is 5.73 Å². The number of anilines is 1. The number of nitrogens with zero attached hydrogens (tertiary/aromatic N) is 1. The first-order valence-corrected chi connectivity index (χ1v) is 5.11. The molecule has 0 saturated carbocycles. The second-order valence-corrected chi connectivity index (χ2v) is 3.81. The number of hydrogen-bond acceptors (Lipinski definition) is 4. The SMILES string of the molecule is Cc1cccc(-c2noc(N)c2CC(=O)O)c1. The van der Waals surface area contributed by atoms with Crippen LogP contribution in [0.3, 0.4) is 0 Å². The topological polar surface area (TPSA) is 89.4 Å². The average molecular weight is 232 g/mol. The van der Waals surface area contributed by atoms with Crippen molar-refractivity contribution in [3.8, 4) is 11.3 Å². The van der Waals surface area contributed by atoms with Gasteiger partial charge >= 0.3 is 5.97 Å². The van der Waals surface area contributed by atoms with E-state index in [2.05, 4.69) is 5.16 Å². The Labute approximate surface area is 97.8 Å². The van der Waals surface area contributed by atoms with Crippen molar-refractivity contribution in [3.05, 3.63) is 35.4 Å². The van der Waals surface area contributed by atoms with E-state index in [0.29, 0.717) is 11.3 Å². The van der Waals surface area contributed by atoms with Gasteiger partial charge in [-0.1, -0.05) is 28.9 Å². The molecule has 0 unspecified atom stereocenters. The van der Waals surface area contributed by atoms with Crippen LogP contribution in [0.25, 0.3) is 11.3 Å². The molecule has 0 aliphatic carbocycles. The first-order chi connectivity index (χ1) is 8.08. The van der Waals surface area contributed by atoms with Gasteiger partial charge in [0.2, 0.25) is 5.88 Å². The Balaban J connectivity index is 2.48. The van der Waals surface area contributed by atoms with E-state index in [0.717, 1.165) is 11.1 Å². The quantitative estimate of drug-likeness (QED) is 0.843. The molecule has 5 nitrogen and oxygen atoms in total. The van der Waals surface area contributed by atoms with Gasteiger partial charge in [0, 0.05) is 5.56 Å². The fourth-order valence-electron chi connectivity index (χ4n) is 1.66. The predicted octanol–water partition coefficient (Wildman–Crippen LogP) is 1.86. The zero-order valence-electron chi connectivity index (χ0n) is 9.30. The molecule has 0 spiro atoms. The number of rotatable bonds is 3. The molecule has 0 atom stereocenters. The van der Waals surface area contributed by atoms with Crippen LogP contribution in [0.1, 0.15) is 11.1 Å². The first-order valence-electron chi connectivity index (χ1n) is 5.11. The normalized spacial score (nSPS) is 10.4. The molecule has 2 aromatic rings. The predicted molar refractivity (Wildman–Crippen MR) is 62.4 cm³/mol. The Hall–Kier alpha value is -2.30. The van der Waals surface area contributed by atoms with Gasteiger partial charge in [-0.15, -0.1) is 0 Å². The van der Waals surface area contributed by atoms with Crippen LogP contribution >= 0.6 is 0 Å². The standard InChI is InChI=1S/C12H12N2O3/c1-7-3-2-4-8(5-7)11-9(6-10(15)16)12(13)17-14-11/h2-5H,6,13H2,1H3,(H,15,16). The number of carboxylic acid groups (broad SMARTS) is 1. The summed E-state index contributed by atoms with van der Waals surface area (Å²) in [6.07, 6.45) is -0.196. The monoisotopic (exact) mass is 232 g/mol. The number of carboxylic acids is 1. The average Bonchev–Trinajstić information content (AvgIpc) is 2.60. The van der Waals surface area contributed by atoms with E-state index in [1.807, 2.05) is 31.2 Å². The number of benzene rings is 1. The maximum atomic E-state index is 10.7. The van der Waals surface area contributed by atoms with E-state index >= 15 is 0 Å². The molecule has 88 valence electrons. The Bertz CT molecular complexity index is 561. The van der Waals surface area contributed by atoms with Gasteiger partial charge < -0.3 is 15.4 Å². The summed E-state index contributed by atoms with van der Waals surface area (Å²) in [5, 5.41) is 12.6. The van der Waals surface area contributed by atoms with E-state index in [4.69, 9.17) is 15.4 Å². The highest BCUT2D eigenvalue weighted by Crippen LogP contribution is 2.27. The Morgan fingerprint density at radius 1 is 1.53 bits per heavy atom. The highest BCUT2D eigenvalue weighted by atomic mass is 16.5. The second-order valence-electron chi connectivity index (χ2n) is 3.81. The van der Waals surface area contributed by atoms with Crippen LogP contribution in [-0.2, 0) is 11.2 Å². The molecular weight excluding hydrogens is 220 g/mol. The zero-order chi connectivity index (χ0) is 12.4. The summed E-state index contributed by atoms with van der Waals surface area (Å²) in [4.78, 5) is 10.7. The minimum atomic E-state index is -0.964. The molecule has 1 heterocycles. The third kappa shape index (κ3) is 2.28. The molecule has 5 heteroatoms. The van der Waals surface area contributed by atoms with Crippen LogP contribution in [0.15, 0.2) is 28.8 Å². The summed E-state index contributed by atoms with van der Waals surface area (Å²) in [5.74, 6) is -0.905. The Morgan fingerprint density at radius 2 is 2.29 bits per heavy atom. The Kier molecular flexibility index (Phi) is 2.82. The van der Waals surface area contributed by atoms with Crippen molar-refractivity contribution in [2.24, 2.45) is 0 Å². The van der Waals surface area contributed by atoms with E-state index in [9.17, 15) is 4.79 Å². The maximum Gasteiger partial charge on any atom is 0.308 e. The minimum Gasteiger partial charge on any atom is -0.481 e. The van der Waals surface area contributed by atoms with Gasteiger partial charge in [-0.3, -0.25) is 4.79 Å². The van der Waals surface area contributed by atoms with Crippen molar-refractivity contribution < 1.29 is 14.4 Å². The number of hydrogen-bond donors (Lipinski definition) is 2.